The van der Waals surface area contributed by atoms with E-state index in [1.165, 1.54) is 23.4 Å². The number of carbonyl (C=O) groups is 2. The van der Waals surface area contributed by atoms with Gasteiger partial charge in [-0.1, -0.05) is 12.1 Å². The first-order valence-electron chi connectivity index (χ1n) is 10.2. The molecule has 31 heavy (non-hydrogen) atoms. The van der Waals surface area contributed by atoms with Crippen LogP contribution in [0.15, 0.2) is 53.4 Å². The van der Waals surface area contributed by atoms with Crippen molar-refractivity contribution in [2.24, 2.45) is 0 Å². The van der Waals surface area contributed by atoms with Gasteiger partial charge in [0.15, 0.2) is 0 Å². The van der Waals surface area contributed by atoms with E-state index in [9.17, 15) is 18.0 Å². The molecule has 0 spiro atoms. The van der Waals surface area contributed by atoms with Gasteiger partial charge in [-0.25, -0.2) is 8.42 Å². The Morgan fingerprint density at radius 3 is 2.13 bits per heavy atom. The molecule has 1 aliphatic heterocycles. The molecule has 1 saturated heterocycles. The van der Waals surface area contributed by atoms with Gasteiger partial charge >= 0.3 is 0 Å². The number of nitrogens with one attached hydrogen (secondary N) is 1. The van der Waals surface area contributed by atoms with Crippen LogP contribution in [-0.4, -0.2) is 62.2 Å². The Morgan fingerprint density at radius 1 is 0.968 bits per heavy atom. The van der Waals surface area contributed by atoms with Crippen LogP contribution in [0, 0.1) is 0 Å². The van der Waals surface area contributed by atoms with E-state index in [-0.39, 0.29) is 36.2 Å². The van der Waals surface area contributed by atoms with E-state index < -0.39 is 10.0 Å². The van der Waals surface area contributed by atoms with E-state index in [4.69, 9.17) is 4.74 Å². The molecule has 2 aromatic rings. The first-order chi connectivity index (χ1) is 14.8. The summed E-state index contributed by atoms with van der Waals surface area (Å²) >= 11 is 0. The van der Waals surface area contributed by atoms with Gasteiger partial charge in [-0.2, -0.15) is 4.31 Å². The SMILES string of the molecule is CCOc1ccc(CC(=O)N2CCN(S(=O)(=O)c3ccc(NC(C)=O)cc3)CC2)cc1. The van der Waals surface area contributed by atoms with E-state index in [0.29, 0.717) is 25.4 Å². The lowest BCUT2D eigenvalue weighted by atomic mass is 10.1. The van der Waals surface area contributed by atoms with Crippen molar-refractivity contribution < 1.29 is 22.7 Å². The highest BCUT2D eigenvalue weighted by molar-refractivity contribution is 7.89. The third-order valence-corrected chi connectivity index (χ3v) is 6.91. The quantitative estimate of drug-likeness (QED) is 0.704. The summed E-state index contributed by atoms with van der Waals surface area (Å²) < 4.78 is 32.6. The number of rotatable bonds is 7. The lowest BCUT2D eigenvalue weighted by molar-refractivity contribution is -0.131. The lowest BCUT2D eigenvalue weighted by Crippen LogP contribution is -2.50. The van der Waals surface area contributed by atoms with Crippen molar-refractivity contribution in [1.29, 1.82) is 0 Å². The second-order valence-corrected chi connectivity index (χ2v) is 9.18. The minimum absolute atomic E-state index is 0.0270. The molecule has 1 aliphatic rings. The minimum Gasteiger partial charge on any atom is -0.494 e. The summed E-state index contributed by atoms with van der Waals surface area (Å²) in [6, 6.07) is 13.5. The Bertz CT molecular complexity index is 1010. The highest BCUT2D eigenvalue weighted by atomic mass is 32.2. The van der Waals surface area contributed by atoms with Gasteiger partial charge in [0, 0.05) is 38.8 Å². The number of hydrogen-bond acceptors (Lipinski definition) is 5. The highest BCUT2D eigenvalue weighted by Gasteiger charge is 2.30. The predicted octanol–water partition coefficient (Wildman–Crippen LogP) is 2.12. The normalized spacial score (nSPS) is 14.8. The second kappa shape index (κ2) is 9.93. The van der Waals surface area contributed by atoms with Gasteiger partial charge in [-0.15, -0.1) is 0 Å². The number of anilines is 1. The van der Waals surface area contributed by atoms with Crippen molar-refractivity contribution in [2.75, 3.05) is 38.1 Å². The maximum absolute atomic E-state index is 12.9. The van der Waals surface area contributed by atoms with Gasteiger partial charge in [0.25, 0.3) is 0 Å². The topological polar surface area (TPSA) is 96.0 Å². The summed E-state index contributed by atoms with van der Waals surface area (Å²) in [6.45, 7) is 5.07. The van der Waals surface area contributed by atoms with Crippen LogP contribution >= 0.6 is 0 Å². The van der Waals surface area contributed by atoms with Gasteiger partial charge in [0.05, 0.1) is 17.9 Å². The Hall–Kier alpha value is -2.91. The Kier molecular flexibility index (Phi) is 7.29. The molecule has 8 nitrogen and oxygen atoms in total. The van der Waals surface area contributed by atoms with Crippen LogP contribution in [0.2, 0.25) is 0 Å². The van der Waals surface area contributed by atoms with Crippen molar-refractivity contribution in [3.63, 3.8) is 0 Å². The first kappa shape index (κ1) is 22.8. The maximum Gasteiger partial charge on any atom is 0.243 e. The molecular weight excluding hydrogens is 418 g/mol. The number of piperazine rings is 1. The van der Waals surface area contributed by atoms with E-state index in [0.717, 1.165) is 11.3 Å². The van der Waals surface area contributed by atoms with Gasteiger partial charge < -0.3 is 15.0 Å². The fourth-order valence-corrected chi connectivity index (χ4v) is 4.82. The van der Waals surface area contributed by atoms with Crippen LogP contribution in [0.4, 0.5) is 5.69 Å². The maximum atomic E-state index is 12.9. The van der Waals surface area contributed by atoms with Crippen LogP contribution < -0.4 is 10.1 Å². The minimum atomic E-state index is -3.66. The van der Waals surface area contributed by atoms with Crippen LogP contribution in [0.5, 0.6) is 5.75 Å². The molecule has 9 heteroatoms. The summed E-state index contributed by atoms with van der Waals surface area (Å²) in [7, 11) is -3.66. The number of ether oxygens (including phenoxy) is 1. The second-order valence-electron chi connectivity index (χ2n) is 7.24. The van der Waals surface area contributed by atoms with Gasteiger partial charge in [0.2, 0.25) is 21.8 Å². The predicted molar refractivity (Wildman–Crippen MR) is 117 cm³/mol. The largest absolute Gasteiger partial charge is 0.494 e. The van der Waals surface area contributed by atoms with Gasteiger partial charge in [-0.3, -0.25) is 9.59 Å². The molecule has 2 aromatic carbocycles. The van der Waals surface area contributed by atoms with E-state index in [2.05, 4.69) is 5.32 Å². The van der Waals surface area contributed by atoms with Crippen molar-refractivity contribution in [2.45, 2.75) is 25.2 Å². The van der Waals surface area contributed by atoms with E-state index >= 15 is 0 Å². The molecule has 0 saturated carbocycles. The molecule has 0 radical (unpaired) electrons. The average Bonchev–Trinajstić information content (AvgIpc) is 2.75. The molecule has 0 bridgehead atoms. The van der Waals surface area contributed by atoms with Crippen molar-refractivity contribution in [1.82, 2.24) is 9.21 Å². The fraction of sp³-hybridized carbons (Fsp3) is 0.364. The van der Waals surface area contributed by atoms with Crippen LogP contribution in [0.25, 0.3) is 0 Å². The molecular formula is C22H27N3O5S. The van der Waals surface area contributed by atoms with Gasteiger partial charge in [-0.05, 0) is 48.9 Å². The highest BCUT2D eigenvalue weighted by Crippen LogP contribution is 2.20. The Balaban J connectivity index is 1.56. The smallest absolute Gasteiger partial charge is 0.243 e. The summed E-state index contributed by atoms with van der Waals surface area (Å²) in [5.74, 6) is 0.519. The zero-order valence-electron chi connectivity index (χ0n) is 17.7. The summed E-state index contributed by atoms with van der Waals surface area (Å²) in [6.07, 6.45) is 0.268. The Labute approximate surface area is 182 Å². The zero-order valence-corrected chi connectivity index (χ0v) is 18.5. The van der Waals surface area contributed by atoms with Crippen LogP contribution in [0.3, 0.4) is 0 Å². The zero-order chi connectivity index (χ0) is 22.4. The number of sulfonamides is 1. The average molecular weight is 446 g/mol. The molecule has 0 aromatic heterocycles. The van der Waals surface area contributed by atoms with E-state index in [1.54, 1.807) is 17.0 Å². The summed E-state index contributed by atoms with van der Waals surface area (Å²) in [5.41, 5.74) is 1.43. The summed E-state index contributed by atoms with van der Waals surface area (Å²) in [5, 5.41) is 2.61. The van der Waals surface area contributed by atoms with Crippen molar-refractivity contribution >= 4 is 27.5 Å². The molecule has 0 atom stereocenters. The molecule has 166 valence electrons. The molecule has 0 unspecified atom stereocenters. The molecule has 1 fully saturated rings. The lowest BCUT2D eigenvalue weighted by Gasteiger charge is -2.34. The third kappa shape index (κ3) is 5.83. The third-order valence-electron chi connectivity index (χ3n) is 4.99. The summed E-state index contributed by atoms with van der Waals surface area (Å²) in [4.78, 5) is 25.6. The fourth-order valence-electron chi connectivity index (χ4n) is 3.40. The van der Waals surface area contributed by atoms with Crippen molar-refractivity contribution in [3.05, 3.63) is 54.1 Å². The Morgan fingerprint density at radius 2 is 1.58 bits per heavy atom. The van der Waals surface area contributed by atoms with Crippen LogP contribution in [-0.2, 0) is 26.0 Å². The molecule has 1 heterocycles. The van der Waals surface area contributed by atoms with E-state index in [1.807, 2.05) is 31.2 Å². The molecule has 2 amide bonds. The molecule has 0 aliphatic carbocycles. The number of nitrogens with zero attached hydrogens (tertiary/aromatic N) is 2. The number of carbonyl (C=O) groups excluding carboxylic acids is 2. The number of amides is 2. The standard InChI is InChI=1S/C22H27N3O5S/c1-3-30-20-8-4-18(5-9-20)16-22(27)24-12-14-25(15-13-24)31(28,29)21-10-6-19(7-11-21)23-17(2)26/h4-11H,3,12-16H2,1-2H3,(H,23,26). The van der Waals surface area contributed by atoms with Crippen LogP contribution in [0.1, 0.15) is 19.4 Å². The first-order valence-corrected chi connectivity index (χ1v) is 11.6. The molecule has 1 N–H and O–H groups in total. The number of hydrogen-bond donors (Lipinski definition) is 1. The molecule has 3 rings (SSSR count). The van der Waals surface area contributed by atoms with Gasteiger partial charge in [0.1, 0.15) is 5.75 Å². The number of benzene rings is 2. The monoisotopic (exact) mass is 445 g/mol. The van der Waals surface area contributed by atoms with Crippen molar-refractivity contribution in [3.8, 4) is 5.75 Å².